The molecule has 0 saturated carbocycles. The molecule has 0 spiro atoms. The van der Waals surface area contributed by atoms with E-state index in [1.807, 2.05) is 0 Å². The number of hydrogen-bond acceptors (Lipinski definition) is 1. The number of benzene rings is 1. The van der Waals surface area contributed by atoms with E-state index >= 15 is 0 Å². The van der Waals surface area contributed by atoms with Crippen molar-refractivity contribution in [1.82, 2.24) is 5.32 Å². The molecule has 0 aliphatic heterocycles. The molecule has 1 unspecified atom stereocenters. The maximum absolute atomic E-state index is 3.75. The first-order valence-electron chi connectivity index (χ1n) is 8.31. The Morgan fingerprint density at radius 3 is 2.14 bits per heavy atom. The van der Waals surface area contributed by atoms with Gasteiger partial charge in [0.2, 0.25) is 0 Å². The Bertz CT molecular complexity index is 349. The van der Waals surface area contributed by atoms with Gasteiger partial charge in [-0.25, -0.2) is 0 Å². The quantitative estimate of drug-likeness (QED) is 0.388. The van der Waals surface area contributed by atoms with E-state index in [1.54, 1.807) is 0 Å². The molecule has 1 N–H and O–H groups in total. The number of halogens is 1. The highest BCUT2D eigenvalue weighted by Gasteiger charge is 2.30. The van der Waals surface area contributed by atoms with Crippen molar-refractivity contribution < 1.29 is 16.9 Å². The summed E-state index contributed by atoms with van der Waals surface area (Å²) in [5, 5.41) is 3.75. The van der Waals surface area contributed by atoms with Crippen molar-refractivity contribution in [1.29, 1.82) is 0 Å². The van der Waals surface area contributed by atoms with Crippen molar-refractivity contribution in [2.45, 2.75) is 59.7 Å². The van der Waals surface area contributed by atoms with Crippen molar-refractivity contribution in [3.63, 3.8) is 0 Å². The standard InChI is InChI=1S/C18H33N2.ClH/c1-5-8-12-15-19-17(4)20(6-2,7-3)16-18-13-10-9-11-14-18;/h9-11,13-14,17,19H,5-8,12,15-16H2,1-4H3;1H/q+1;/p-1. The monoisotopic (exact) mass is 312 g/mol. The minimum atomic E-state index is 0. The van der Waals surface area contributed by atoms with Crippen molar-refractivity contribution in [3.8, 4) is 0 Å². The van der Waals surface area contributed by atoms with Crippen LogP contribution in [0.4, 0.5) is 0 Å². The maximum Gasteiger partial charge on any atom is 0.140 e. The lowest BCUT2D eigenvalue weighted by Gasteiger charge is -2.42. The van der Waals surface area contributed by atoms with Gasteiger partial charge in [0.25, 0.3) is 0 Å². The van der Waals surface area contributed by atoms with Crippen molar-refractivity contribution in [3.05, 3.63) is 35.9 Å². The Labute approximate surface area is 137 Å². The summed E-state index contributed by atoms with van der Waals surface area (Å²) in [6, 6.07) is 10.9. The molecule has 1 aromatic carbocycles. The highest BCUT2D eigenvalue weighted by atomic mass is 35.5. The van der Waals surface area contributed by atoms with Gasteiger partial charge < -0.3 is 16.9 Å². The van der Waals surface area contributed by atoms with Crippen molar-refractivity contribution in [2.75, 3.05) is 19.6 Å². The van der Waals surface area contributed by atoms with Gasteiger partial charge in [-0.1, -0.05) is 50.1 Å². The van der Waals surface area contributed by atoms with Crippen LogP contribution < -0.4 is 17.7 Å². The number of unbranched alkanes of at least 4 members (excludes halogenated alkanes) is 2. The smallest absolute Gasteiger partial charge is 0.140 e. The predicted octanol–water partition coefficient (Wildman–Crippen LogP) is 1.17. The van der Waals surface area contributed by atoms with E-state index in [4.69, 9.17) is 0 Å². The van der Waals surface area contributed by atoms with Gasteiger partial charge in [0.15, 0.2) is 0 Å². The topological polar surface area (TPSA) is 12.0 Å². The van der Waals surface area contributed by atoms with Crippen molar-refractivity contribution >= 4 is 0 Å². The summed E-state index contributed by atoms with van der Waals surface area (Å²) in [6.45, 7) is 13.9. The van der Waals surface area contributed by atoms with Crippen LogP contribution in [-0.2, 0) is 6.54 Å². The first kappa shape index (κ1) is 20.4. The van der Waals surface area contributed by atoms with Gasteiger partial charge in [-0.2, -0.15) is 0 Å². The largest absolute Gasteiger partial charge is 1.00 e. The lowest BCUT2D eigenvalue weighted by atomic mass is 10.1. The fourth-order valence-electron chi connectivity index (χ4n) is 2.96. The molecule has 0 aliphatic rings. The van der Waals surface area contributed by atoms with E-state index < -0.39 is 0 Å². The second kappa shape index (κ2) is 11.1. The Hall–Kier alpha value is -0.570. The molecule has 3 heteroatoms. The highest BCUT2D eigenvalue weighted by Crippen LogP contribution is 2.18. The third kappa shape index (κ3) is 6.37. The number of quaternary nitrogens is 1. The third-order valence-electron chi connectivity index (χ3n) is 4.64. The van der Waals surface area contributed by atoms with Crippen LogP contribution in [0.2, 0.25) is 0 Å². The second-order valence-corrected chi connectivity index (χ2v) is 5.83. The van der Waals surface area contributed by atoms with Gasteiger partial charge in [-0.3, -0.25) is 5.32 Å². The Morgan fingerprint density at radius 2 is 1.62 bits per heavy atom. The van der Waals surface area contributed by atoms with E-state index in [2.05, 4.69) is 63.3 Å². The molecule has 1 aromatic rings. The zero-order valence-corrected chi connectivity index (χ0v) is 15.0. The molecular weight excluding hydrogens is 280 g/mol. The van der Waals surface area contributed by atoms with Crippen LogP contribution in [0.5, 0.6) is 0 Å². The minimum absolute atomic E-state index is 0. The number of rotatable bonds is 10. The first-order chi connectivity index (χ1) is 9.68. The van der Waals surface area contributed by atoms with Crippen LogP contribution in [0.25, 0.3) is 0 Å². The summed E-state index contributed by atoms with van der Waals surface area (Å²) >= 11 is 0. The third-order valence-corrected chi connectivity index (χ3v) is 4.64. The lowest BCUT2D eigenvalue weighted by molar-refractivity contribution is -0.961. The van der Waals surface area contributed by atoms with E-state index in [-0.39, 0.29) is 12.4 Å². The Kier molecular flexibility index (Phi) is 10.8. The summed E-state index contributed by atoms with van der Waals surface area (Å²) in [5.74, 6) is 0. The molecule has 1 atom stereocenters. The van der Waals surface area contributed by atoms with E-state index in [0.717, 1.165) is 17.6 Å². The highest BCUT2D eigenvalue weighted by molar-refractivity contribution is 5.13. The molecule has 122 valence electrons. The molecule has 21 heavy (non-hydrogen) atoms. The van der Waals surface area contributed by atoms with Crippen LogP contribution in [0.15, 0.2) is 30.3 Å². The number of hydrogen-bond donors (Lipinski definition) is 1. The van der Waals surface area contributed by atoms with Crippen LogP contribution >= 0.6 is 0 Å². The number of nitrogens with one attached hydrogen (secondary N) is 1. The minimum Gasteiger partial charge on any atom is -1.00 e. The van der Waals surface area contributed by atoms with E-state index in [1.165, 1.54) is 37.9 Å². The molecule has 0 heterocycles. The molecular formula is C18H33ClN2. The van der Waals surface area contributed by atoms with Crippen LogP contribution in [0, 0.1) is 0 Å². The predicted molar refractivity (Wildman–Crippen MR) is 88.5 cm³/mol. The van der Waals surface area contributed by atoms with Gasteiger partial charge in [0.05, 0.1) is 13.1 Å². The molecule has 0 saturated heterocycles. The van der Waals surface area contributed by atoms with E-state index in [0.29, 0.717) is 6.17 Å². The molecule has 0 bridgehead atoms. The molecule has 0 aliphatic carbocycles. The van der Waals surface area contributed by atoms with Gasteiger partial charge in [-0.05, 0) is 20.3 Å². The summed E-state index contributed by atoms with van der Waals surface area (Å²) in [6.07, 6.45) is 4.43. The molecule has 0 radical (unpaired) electrons. The van der Waals surface area contributed by atoms with Gasteiger partial charge in [0, 0.05) is 19.0 Å². The van der Waals surface area contributed by atoms with Crippen LogP contribution in [0.1, 0.15) is 52.5 Å². The Morgan fingerprint density at radius 1 is 1.00 bits per heavy atom. The number of nitrogens with zero attached hydrogens (tertiary/aromatic N) is 1. The van der Waals surface area contributed by atoms with Crippen LogP contribution in [0.3, 0.4) is 0 Å². The summed E-state index contributed by atoms with van der Waals surface area (Å²) in [7, 11) is 0. The molecule has 0 fully saturated rings. The molecule has 0 aromatic heterocycles. The zero-order valence-electron chi connectivity index (χ0n) is 14.2. The molecule has 2 nitrogen and oxygen atoms in total. The zero-order chi connectivity index (χ0) is 14.8. The van der Waals surface area contributed by atoms with Gasteiger partial charge in [-0.15, -0.1) is 0 Å². The van der Waals surface area contributed by atoms with E-state index in [9.17, 15) is 0 Å². The Balaban J connectivity index is 0.00000400. The van der Waals surface area contributed by atoms with Crippen molar-refractivity contribution in [2.24, 2.45) is 0 Å². The molecule has 0 amide bonds. The maximum atomic E-state index is 3.75. The first-order valence-corrected chi connectivity index (χ1v) is 8.31. The van der Waals surface area contributed by atoms with Gasteiger partial charge >= 0.3 is 0 Å². The molecule has 1 rings (SSSR count). The fourth-order valence-corrected chi connectivity index (χ4v) is 2.96. The lowest BCUT2D eigenvalue weighted by Crippen LogP contribution is -3.00. The summed E-state index contributed by atoms with van der Waals surface area (Å²) in [5.41, 5.74) is 1.44. The second-order valence-electron chi connectivity index (χ2n) is 5.83. The average molecular weight is 313 g/mol. The van der Waals surface area contributed by atoms with Crippen LogP contribution in [-0.4, -0.2) is 30.3 Å². The summed E-state index contributed by atoms with van der Waals surface area (Å²) < 4.78 is 1.12. The normalized spacial score (nSPS) is 12.8. The summed E-state index contributed by atoms with van der Waals surface area (Å²) in [4.78, 5) is 0. The SMILES string of the molecule is CCCCCNC(C)[N+](CC)(CC)Cc1ccccc1.[Cl-]. The fraction of sp³-hybridized carbons (Fsp3) is 0.667. The van der Waals surface area contributed by atoms with Gasteiger partial charge in [0.1, 0.15) is 12.7 Å². The average Bonchev–Trinajstić information content (AvgIpc) is 2.50.